The lowest BCUT2D eigenvalue weighted by Crippen LogP contribution is -2.34. The van der Waals surface area contributed by atoms with Gasteiger partial charge in [0.05, 0.1) is 30.3 Å². The summed E-state index contributed by atoms with van der Waals surface area (Å²) in [5, 5.41) is 3.27. The molecule has 1 N–H and O–H groups in total. The molecular weight excluding hydrogens is 488 g/mol. The minimum absolute atomic E-state index is 0.368. The van der Waals surface area contributed by atoms with Gasteiger partial charge in [-0.3, -0.25) is 0 Å². The Morgan fingerprint density at radius 1 is 0.744 bits per heavy atom. The van der Waals surface area contributed by atoms with Crippen molar-refractivity contribution >= 4 is 11.9 Å². The monoisotopic (exact) mass is 541 g/mol. The SMILES string of the molecule is CCCCCCCCCOC(=O)C1=C(C)NC(C)=C(C(=O)OCCCCCCCCC)C1c1ccc[n+](C)c1. The van der Waals surface area contributed by atoms with Crippen molar-refractivity contribution in [3.63, 3.8) is 0 Å². The Kier molecular flexibility index (Phi) is 15.6. The molecule has 1 aromatic heterocycles. The molecule has 218 valence electrons. The molecule has 0 saturated heterocycles. The predicted molar refractivity (Wildman–Crippen MR) is 157 cm³/mol. The zero-order valence-electron chi connectivity index (χ0n) is 25.3. The Hall–Kier alpha value is -2.63. The highest BCUT2D eigenvalue weighted by Gasteiger charge is 2.39. The van der Waals surface area contributed by atoms with Crippen LogP contribution in [0.25, 0.3) is 0 Å². The molecule has 39 heavy (non-hydrogen) atoms. The molecular formula is C33H53N2O4+. The van der Waals surface area contributed by atoms with E-state index in [2.05, 4.69) is 19.2 Å². The molecule has 6 heteroatoms. The number of carbonyl (C=O) groups is 2. The lowest BCUT2D eigenvalue weighted by Gasteiger charge is -2.30. The summed E-state index contributed by atoms with van der Waals surface area (Å²) in [6.45, 7) is 8.97. The van der Waals surface area contributed by atoms with Gasteiger partial charge in [-0.15, -0.1) is 0 Å². The topological polar surface area (TPSA) is 68.5 Å². The van der Waals surface area contributed by atoms with Crippen LogP contribution in [0.3, 0.4) is 0 Å². The van der Waals surface area contributed by atoms with Gasteiger partial charge in [0.2, 0.25) is 0 Å². The first kappa shape index (κ1) is 32.6. The molecule has 0 atom stereocenters. The molecule has 0 amide bonds. The third-order valence-corrected chi connectivity index (χ3v) is 7.46. The largest absolute Gasteiger partial charge is 0.462 e. The van der Waals surface area contributed by atoms with Crippen LogP contribution in [0, 0.1) is 0 Å². The fourth-order valence-electron chi connectivity index (χ4n) is 5.25. The number of hydrogen-bond acceptors (Lipinski definition) is 5. The number of nitrogens with zero attached hydrogens (tertiary/aromatic N) is 1. The minimum atomic E-state index is -0.540. The maximum absolute atomic E-state index is 13.4. The Bertz CT molecular complexity index is 912. The lowest BCUT2D eigenvalue weighted by atomic mass is 9.81. The van der Waals surface area contributed by atoms with Gasteiger partial charge in [-0.05, 0) is 32.8 Å². The summed E-state index contributed by atoms with van der Waals surface area (Å²) >= 11 is 0. The van der Waals surface area contributed by atoms with Gasteiger partial charge in [0, 0.05) is 23.0 Å². The number of aromatic nitrogens is 1. The number of allylic oxidation sites excluding steroid dienone is 2. The lowest BCUT2D eigenvalue weighted by molar-refractivity contribution is -0.671. The normalized spacial score (nSPS) is 14.0. The van der Waals surface area contributed by atoms with Crippen LogP contribution in [0.4, 0.5) is 0 Å². The number of rotatable bonds is 19. The van der Waals surface area contributed by atoms with Crippen LogP contribution in [0.1, 0.15) is 129 Å². The molecule has 0 fully saturated rings. The molecule has 1 aliphatic rings. The number of aryl methyl sites for hydroxylation is 1. The van der Waals surface area contributed by atoms with E-state index in [4.69, 9.17) is 9.47 Å². The quantitative estimate of drug-likeness (QED) is 0.113. The van der Waals surface area contributed by atoms with Crippen LogP contribution in [-0.2, 0) is 26.1 Å². The Labute approximate surface area is 237 Å². The third kappa shape index (κ3) is 11.2. The maximum Gasteiger partial charge on any atom is 0.336 e. The highest BCUT2D eigenvalue weighted by molar-refractivity contribution is 5.99. The summed E-state index contributed by atoms with van der Waals surface area (Å²) in [6, 6.07) is 3.90. The van der Waals surface area contributed by atoms with Gasteiger partial charge in [-0.2, -0.15) is 0 Å². The standard InChI is InChI=1S/C33H52N2O4/c1-6-8-10-12-14-16-18-23-38-32(36)29-26(3)34-27(4)30(31(29)28-21-20-22-35(5)25-28)33(37)39-24-19-17-15-13-11-9-7-2/h20-22,25,31H,6-19,23-24H2,1-5H3/p+1. The molecule has 0 aromatic carbocycles. The second-order valence-corrected chi connectivity index (χ2v) is 11.0. The van der Waals surface area contributed by atoms with Gasteiger partial charge < -0.3 is 14.8 Å². The minimum Gasteiger partial charge on any atom is -0.462 e. The summed E-state index contributed by atoms with van der Waals surface area (Å²) in [6.07, 6.45) is 20.1. The van der Waals surface area contributed by atoms with Crippen LogP contribution in [0.2, 0.25) is 0 Å². The zero-order chi connectivity index (χ0) is 28.5. The number of unbranched alkanes of at least 4 members (excludes halogenated alkanes) is 12. The van der Waals surface area contributed by atoms with Crippen molar-refractivity contribution in [2.45, 2.75) is 124 Å². The molecule has 1 aliphatic heterocycles. The number of ether oxygens (including phenoxy) is 2. The van der Waals surface area contributed by atoms with E-state index in [0.717, 1.165) is 42.6 Å². The molecule has 2 heterocycles. The average molecular weight is 542 g/mol. The number of carbonyl (C=O) groups excluding carboxylic acids is 2. The van der Waals surface area contributed by atoms with E-state index >= 15 is 0 Å². The zero-order valence-corrected chi connectivity index (χ0v) is 25.3. The fraction of sp³-hybridized carbons (Fsp3) is 0.667. The highest BCUT2D eigenvalue weighted by atomic mass is 16.5. The van der Waals surface area contributed by atoms with Crippen molar-refractivity contribution in [2.75, 3.05) is 13.2 Å². The highest BCUT2D eigenvalue weighted by Crippen LogP contribution is 2.38. The molecule has 6 nitrogen and oxygen atoms in total. The Balaban J connectivity index is 2.07. The second kappa shape index (κ2) is 18.6. The van der Waals surface area contributed by atoms with Crippen LogP contribution in [0.5, 0.6) is 0 Å². The summed E-state index contributed by atoms with van der Waals surface area (Å²) in [5.74, 6) is -1.28. The van der Waals surface area contributed by atoms with E-state index in [1.807, 2.05) is 50.0 Å². The molecule has 1 aromatic rings. The predicted octanol–water partition coefficient (Wildman–Crippen LogP) is 7.33. The van der Waals surface area contributed by atoms with Crippen LogP contribution in [-0.4, -0.2) is 25.2 Å². The summed E-state index contributed by atoms with van der Waals surface area (Å²) < 4.78 is 13.5. The number of hydrogen-bond donors (Lipinski definition) is 1. The van der Waals surface area contributed by atoms with Crippen molar-refractivity contribution in [3.8, 4) is 0 Å². The first-order valence-corrected chi connectivity index (χ1v) is 15.4. The van der Waals surface area contributed by atoms with E-state index in [0.29, 0.717) is 24.4 Å². The number of pyridine rings is 1. The second-order valence-electron chi connectivity index (χ2n) is 11.0. The molecule has 0 saturated carbocycles. The molecule has 0 unspecified atom stereocenters. The first-order valence-electron chi connectivity index (χ1n) is 15.4. The van der Waals surface area contributed by atoms with Crippen molar-refractivity contribution < 1.29 is 23.6 Å². The van der Waals surface area contributed by atoms with Gasteiger partial charge in [-0.25, -0.2) is 14.2 Å². The van der Waals surface area contributed by atoms with E-state index < -0.39 is 5.92 Å². The molecule has 0 bridgehead atoms. The molecule has 0 radical (unpaired) electrons. The molecule has 0 aliphatic carbocycles. The third-order valence-electron chi connectivity index (χ3n) is 7.46. The average Bonchev–Trinajstić information content (AvgIpc) is 2.91. The summed E-state index contributed by atoms with van der Waals surface area (Å²) in [4.78, 5) is 26.9. The molecule has 2 rings (SSSR count). The summed E-state index contributed by atoms with van der Waals surface area (Å²) in [5.41, 5.74) is 3.27. The smallest absolute Gasteiger partial charge is 0.336 e. The van der Waals surface area contributed by atoms with Crippen LogP contribution < -0.4 is 9.88 Å². The summed E-state index contributed by atoms with van der Waals surface area (Å²) in [7, 11) is 1.94. The number of nitrogens with one attached hydrogen (secondary N) is 1. The molecule has 0 spiro atoms. The first-order chi connectivity index (χ1) is 18.9. The maximum atomic E-state index is 13.4. The van der Waals surface area contributed by atoms with Crippen LogP contribution >= 0.6 is 0 Å². The van der Waals surface area contributed by atoms with E-state index in [9.17, 15) is 9.59 Å². The van der Waals surface area contributed by atoms with Gasteiger partial charge in [0.15, 0.2) is 12.4 Å². The van der Waals surface area contributed by atoms with Crippen LogP contribution in [0.15, 0.2) is 47.1 Å². The van der Waals surface area contributed by atoms with E-state index in [-0.39, 0.29) is 11.9 Å². The van der Waals surface area contributed by atoms with E-state index in [1.165, 1.54) is 64.2 Å². The number of esters is 2. The number of dihydropyridines is 1. The Morgan fingerprint density at radius 2 is 1.18 bits per heavy atom. The van der Waals surface area contributed by atoms with Gasteiger partial charge >= 0.3 is 11.9 Å². The van der Waals surface area contributed by atoms with Crippen molar-refractivity contribution in [1.29, 1.82) is 0 Å². The van der Waals surface area contributed by atoms with Gasteiger partial charge in [-0.1, -0.05) is 90.9 Å². The Morgan fingerprint density at radius 3 is 1.62 bits per heavy atom. The van der Waals surface area contributed by atoms with Gasteiger partial charge in [0.25, 0.3) is 0 Å². The van der Waals surface area contributed by atoms with Crippen molar-refractivity contribution in [2.24, 2.45) is 7.05 Å². The van der Waals surface area contributed by atoms with Crippen molar-refractivity contribution in [1.82, 2.24) is 5.32 Å². The van der Waals surface area contributed by atoms with Gasteiger partial charge in [0.1, 0.15) is 7.05 Å². The van der Waals surface area contributed by atoms with Crippen molar-refractivity contribution in [3.05, 3.63) is 52.6 Å². The van der Waals surface area contributed by atoms with E-state index in [1.54, 1.807) is 0 Å². The fourth-order valence-corrected chi connectivity index (χ4v) is 5.25.